The molecule has 0 bridgehead atoms. The van der Waals surface area contributed by atoms with Gasteiger partial charge >= 0.3 is 0 Å². The summed E-state index contributed by atoms with van der Waals surface area (Å²) in [5.41, 5.74) is 4.03. The number of amides is 2. The van der Waals surface area contributed by atoms with E-state index >= 15 is 0 Å². The van der Waals surface area contributed by atoms with Crippen LogP contribution < -0.4 is 20.1 Å². The monoisotopic (exact) mass is 545 g/mol. The molecule has 1 heterocycles. The fourth-order valence-corrected chi connectivity index (χ4v) is 4.83. The average molecular weight is 546 g/mol. The number of anilines is 1. The van der Waals surface area contributed by atoms with E-state index < -0.39 is 0 Å². The van der Waals surface area contributed by atoms with E-state index in [1.807, 2.05) is 36.4 Å². The number of unbranched alkanes of at least 4 members (excludes halogenated alkanes) is 2. The van der Waals surface area contributed by atoms with Crippen LogP contribution in [-0.2, 0) is 16.8 Å². The number of ether oxygens (including phenoxy) is 2. The van der Waals surface area contributed by atoms with Gasteiger partial charge in [-0.05, 0) is 58.7 Å². The molecule has 2 N–H and O–H groups in total. The van der Waals surface area contributed by atoms with Crippen LogP contribution in [0.4, 0.5) is 5.69 Å². The fourth-order valence-electron chi connectivity index (χ4n) is 4.83. The van der Waals surface area contributed by atoms with E-state index in [1.165, 1.54) is 0 Å². The van der Waals surface area contributed by atoms with Gasteiger partial charge in [-0.1, -0.05) is 65.2 Å². The maximum atomic E-state index is 13.5. The Morgan fingerprint density at radius 1 is 1.00 bits per heavy atom. The molecule has 3 aromatic rings. The molecule has 1 aromatic heterocycles. The third kappa shape index (κ3) is 8.57. The Bertz CT molecular complexity index is 1270. The first-order valence-electron chi connectivity index (χ1n) is 14.0. The van der Waals surface area contributed by atoms with Gasteiger partial charge in [-0.3, -0.25) is 14.6 Å². The number of nitrogens with zero attached hydrogens (tertiary/aromatic N) is 1. The van der Waals surface area contributed by atoms with E-state index in [-0.39, 0.29) is 23.1 Å². The van der Waals surface area contributed by atoms with Crippen molar-refractivity contribution in [3.63, 3.8) is 0 Å². The van der Waals surface area contributed by atoms with Crippen molar-refractivity contribution in [3.8, 4) is 11.5 Å². The molecular formula is C33H43N3O4. The maximum absolute atomic E-state index is 13.5. The molecule has 40 heavy (non-hydrogen) atoms. The van der Waals surface area contributed by atoms with Crippen LogP contribution in [0.3, 0.4) is 0 Å². The van der Waals surface area contributed by atoms with Crippen molar-refractivity contribution in [2.45, 2.75) is 77.7 Å². The lowest BCUT2D eigenvalue weighted by Crippen LogP contribution is -2.24. The van der Waals surface area contributed by atoms with Crippen LogP contribution in [0.15, 0.2) is 60.9 Å². The van der Waals surface area contributed by atoms with Gasteiger partial charge in [0, 0.05) is 37.1 Å². The van der Waals surface area contributed by atoms with Gasteiger partial charge in [0.2, 0.25) is 5.91 Å². The largest absolute Gasteiger partial charge is 0.497 e. The molecule has 3 rings (SSSR count). The van der Waals surface area contributed by atoms with E-state index in [0.29, 0.717) is 18.5 Å². The summed E-state index contributed by atoms with van der Waals surface area (Å²) in [5, 5.41) is 6.14. The molecule has 0 aliphatic heterocycles. The number of methoxy groups -OCH3 is 2. The van der Waals surface area contributed by atoms with Crippen LogP contribution >= 0.6 is 0 Å². The second kappa shape index (κ2) is 14.5. The summed E-state index contributed by atoms with van der Waals surface area (Å²) >= 11 is 0. The van der Waals surface area contributed by atoms with Crippen molar-refractivity contribution in [1.29, 1.82) is 0 Å². The maximum Gasteiger partial charge on any atom is 0.253 e. The lowest BCUT2D eigenvalue weighted by atomic mass is 9.85. The highest BCUT2D eigenvalue weighted by Crippen LogP contribution is 2.36. The number of aromatic nitrogens is 1. The molecule has 2 aromatic carbocycles. The van der Waals surface area contributed by atoms with Crippen molar-refractivity contribution < 1.29 is 19.1 Å². The van der Waals surface area contributed by atoms with Crippen LogP contribution in [0.25, 0.3) is 0 Å². The summed E-state index contributed by atoms with van der Waals surface area (Å²) in [6.07, 6.45) is 7.64. The molecular weight excluding hydrogens is 502 g/mol. The molecule has 0 saturated heterocycles. The Balaban J connectivity index is 1.81. The third-order valence-electron chi connectivity index (χ3n) is 7.01. The molecule has 1 unspecified atom stereocenters. The molecule has 0 fully saturated rings. The van der Waals surface area contributed by atoms with Gasteiger partial charge in [-0.15, -0.1) is 0 Å². The molecule has 0 saturated carbocycles. The van der Waals surface area contributed by atoms with Gasteiger partial charge in [-0.2, -0.15) is 0 Å². The molecule has 0 aliphatic carbocycles. The Labute approximate surface area is 238 Å². The zero-order chi connectivity index (χ0) is 29.1. The topological polar surface area (TPSA) is 89.6 Å². The summed E-state index contributed by atoms with van der Waals surface area (Å²) in [6, 6.07) is 15.3. The van der Waals surface area contributed by atoms with Gasteiger partial charge in [0.15, 0.2) is 0 Å². The number of carbonyl (C=O) groups excluding carboxylic acids is 2. The normalized spacial score (nSPS) is 11.9. The van der Waals surface area contributed by atoms with Crippen LogP contribution in [-0.4, -0.2) is 31.0 Å². The summed E-state index contributed by atoms with van der Waals surface area (Å²) in [6.45, 7) is 8.88. The lowest BCUT2D eigenvalue weighted by molar-refractivity contribution is -0.116. The molecule has 0 radical (unpaired) electrons. The molecule has 214 valence electrons. The minimum Gasteiger partial charge on any atom is -0.497 e. The van der Waals surface area contributed by atoms with E-state index in [2.05, 4.69) is 43.3 Å². The second-order valence-corrected chi connectivity index (χ2v) is 11.1. The Morgan fingerprint density at radius 2 is 1.80 bits per heavy atom. The summed E-state index contributed by atoms with van der Waals surface area (Å²) in [4.78, 5) is 30.1. The molecule has 2 amide bonds. The van der Waals surface area contributed by atoms with Crippen LogP contribution in [0.5, 0.6) is 11.5 Å². The number of carbonyl (C=O) groups is 2. The predicted octanol–water partition coefficient (Wildman–Crippen LogP) is 7.02. The first-order chi connectivity index (χ1) is 19.2. The third-order valence-corrected chi connectivity index (χ3v) is 7.01. The first kappa shape index (κ1) is 30.7. The van der Waals surface area contributed by atoms with Crippen molar-refractivity contribution in [1.82, 2.24) is 10.3 Å². The first-order valence-corrected chi connectivity index (χ1v) is 14.0. The minimum atomic E-state index is -0.193. The smallest absolute Gasteiger partial charge is 0.253 e. The van der Waals surface area contributed by atoms with Crippen LogP contribution in [0, 0.1) is 0 Å². The van der Waals surface area contributed by atoms with Crippen molar-refractivity contribution in [3.05, 3.63) is 83.2 Å². The van der Waals surface area contributed by atoms with Crippen molar-refractivity contribution in [2.75, 3.05) is 19.5 Å². The summed E-state index contributed by atoms with van der Waals surface area (Å²) < 4.78 is 11.1. The van der Waals surface area contributed by atoms with E-state index in [9.17, 15) is 9.59 Å². The second-order valence-electron chi connectivity index (χ2n) is 11.1. The van der Waals surface area contributed by atoms with E-state index in [0.717, 1.165) is 59.6 Å². The number of pyridine rings is 1. The molecule has 7 heteroatoms. The summed E-state index contributed by atoms with van der Waals surface area (Å²) in [7, 11) is 3.28. The van der Waals surface area contributed by atoms with Gasteiger partial charge in [0.25, 0.3) is 5.91 Å². The van der Waals surface area contributed by atoms with Gasteiger partial charge < -0.3 is 20.1 Å². The highest BCUT2D eigenvalue weighted by atomic mass is 16.5. The minimum absolute atomic E-state index is 0.00689. The molecule has 0 spiro atoms. The quantitative estimate of drug-likeness (QED) is 0.225. The Morgan fingerprint density at radius 3 is 2.45 bits per heavy atom. The highest BCUT2D eigenvalue weighted by Gasteiger charge is 2.23. The van der Waals surface area contributed by atoms with Crippen LogP contribution in [0.2, 0.25) is 0 Å². The number of rotatable bonds is 13. The van der Waals surface area contributed by atoms with Gasteiger partial charge in [0.1, 0.15) is 11.5 Å². The zero-order valence-electron chi connectivity index (χ0n) is 24.7. The van der Waals surface area contributed by atoms with Gasteiger partial charge in [0.05, 0.1) is 19.8 Å². The molecule has 7 nitrogen and oxygen atoms in total. The fraction of sp³-hybridized carbons (Fsp3) is 0.424. The Hall–Kier alpha value is -3.87. The number of benzene rings is 2. The predicted molar refractivity (Wildman–Crippen MR) is 160 cm³/mol. The number of hydrogen-bond acceptors (Lipinski definition) is 5. The highest BCUT2D eigenvalue weighted by molar-refractivity contribution is 5.94. The van der Waals surface area contributed by atoms with Crippen LogP contribution in [0.1, 0.15) is 92.8 Å². The number of nitrogens with one attached hydrogen (secondary N) is 2. The Kier molecular flexibility index (Phi) is 11.1. The van der Waals surface area contributed by atoms with E-state index in [1.54, 1.807) is 38.7 Å². The number of hydrogen-bond donors (Lipinski definition) is 2. The molecule has 1 atom stereocenters. The molecule has 0 aliphatic rings. The van der Waals surface area contributed by atoms with E-state index in [4.69, 9.17) is 9.47 Å². The zero-order valence-corrected chi connectivity index (χ0v) is 24.7. The average Bonchev–Trinajstić information content (AvgIpc) is 2.95. The lowest BCUT2D eigenvalue weighted by Gasteiger charge is -2.25. The van der Waals surface area contributed by atoms with Crippen molar-refractivity contribution in [2.24, 2.45) is 0 Å². The van der Waals surface area contributed by atoms with Gasteiger partial charge in [-0.25, -0.2) is 0 Å². The van der Waals surface area contributed by atoms with Crippen molar-refractivity contribution >= 4 is 17.5 Å². The standard InChI is InChI=1S/C33H43N3O4/c1-7-8-9-11-24(27-15-14-26(39-5)20-30(27)40-6)19-31(37)36-29-18-23(13-16-28(29)33(2,3)4)21-35-32(38)25-12-10-17-34-22-25/h10,12-18,20,22,24H,7-9,11,19,21H2,1-6H3,(H,35,38)(H,36,37). The SMILES string of the molecule is CCCCCC(CC(=O)Nc1cc(CNC(=O)c2cccnc2)ccc1C(C)(C)C)c1ccc(OC)cc1OC. The summed E-state index contributed by atoms with van der Waals surface area (Å²) in [5.74, 6) is 1.21.